The molecule has 5 heteroatoms. The molecule has 3 rings (SSSR count). The summed E-state index contributed by atoms with van der Waals surface area (Å²) >= 11 is 0. The lowest BCUT2D eigenvalue weighted by Gasteiger charge is -2.14. The van der Waals surface area contributed by atoms with E-state index >= 15 is 0 Å². The van der Waals surface area contributed by atoms with Crippen LogP contribution in [0.4, 0.5) is 0 Å². The van der Waals surface area contributed by atoms with Crippen molar-refractivity contribution in [1.82, 2.24) is 9.78 Å². The highest BCUT2D eigenvalue weighted by atomic mass is 16.5. The molecule has 0 spiro atoms. The number of rotatable bonds is 1. The first kappa shape index (κ1) is 10.2. The topological polar surface area (TPSA) is 67.2 Å². The Balaban J connectivity index is 2.15. The number of H-pyrrole nitrogens is 1. The number of nitrogens with zero attached hydrogens (tertiary/aromatic N) is 1. The molecule has 2 N–H and O–H groups in total. The zero-order valence-electron chi connectivity index (χ0n) is 9.14. The van der Waals surface area contributed by atoms with E-state index < -0.39 is 0 Å². The van der Waals surface area contributed by atoms with Crippen LogP contribution in [0.2, 0.25) is 0 Å². The van der Waals surface area contributed by atoms with Gasteiger partial charge in [0.15, 0.2) is 0 Å². The summed E-state index contributed by atoms with van der Waals surface area (Å²) in [7, 11) is 0. The van der Waals surface area contributed by atoms with E-state index in [4.69, 9.17) is 4.74 Å². The molecule has 2 heterocycles. The summed E-state index contributed by atoms with van der Waals surface area (Å²) in [5.74, 6) is 0.202. The third kappa shape index (κ3) is 1.64. The van der Waals surface area contributed by atoms with Crippen molar-refractivity contribution >= 4 is 0 Å². The van der Waals surface area contributed by atoms with Gasteiger partial charge in [-0.25, -0.2) is 0 Å². The maximum Gasteiger partial charge on any atom is 0.268 e. The minimum absolute atomic E-state index is 0.0589. The average molecular weight is 232 g/mol. The van der Waals surface area contributed by atoms with Gasteiger partial charge in [0.1, 0.15) is 5.75 Å². The van der Waals surface area contributed by atoms with Gasteiger partial charge in [-0.3, -0.25) is 14.6 Å². The summed E-state index contributed by atoms with van der Waals surface area (Å²) in [6, 6.07) is 6.67. The van der Waals surface area contributed by atoms with Gasteiger partial charge in [-0.15, -0.1) is 0 Å². The van der Waals surface area contributed by atoms with E-state index in [1.807, 2.05) is 0 Å². The lowest BCUT2D eigenvalue weighted by Crippen LogP contribution is -2.15. The first-order chi connectivity index (χ1) is 8.25. The third-order valence-corrected chi connectivity index (χ3v) is 2.95. The minimum atomic E-state index is -0.0589. The van der Waals surface area contributed by atoms with E-state index in [0.29, 0.717) is 19.6 Å². The van der Waals surface area contributed by atoms with Crippen LogP contribution >= 0.6 is 0 Å². The fraction of sp³-hybridized carbons (Fsp3) is 0.250. The van der Waals surface area contributed by atoms with Crippen molar-refractivity contribution in [1.29, 1.82) is 0 Å². The van der Waals surface area contributed by atoms with Gasteiger partial charge in [-0.05, 0) is 24.3 Å². The summed E-state index contributed by atoms with van der Waals surface area (Å²) in [6.45, 7) is 1.03. The SMILES string of the molecule is O=c1[nH]n(-c2ccc(O)cc2)c2c1CCOC2. The number of phenols is 1. The Morgan fingerprint density at radius 1 is 1.29 bits per heavy atom. The van der Waals surface area contributed by atoms with Crippen LogP contribution in [0.5, 0.6) is 5.75 Å². The Labute approximate surface area is 97.3 Å². The molecular weight excluding hydrogens is 220 g/mol. The van der Waals surface area contributed by atoms with Gasteiger partial charge in [0.2, 0.25) is 0 Å². The van der Waals surface area contributed by atoms with E-state index in [2.05, 4.69) is 5.10 Å². The molecule has 1 aliphatic heterocycles. The van der Waals surface area contributed by atoms with Gasteiger partial charge < -0.3 is 9.84 Å². The smallest absolute Gasteiger partial charge is 0.268 e. The van der Waals surface area contributed by atoms with Crippen LogP contribution in [0.1, 0.15) is 11.3 Å². The predicted octanol–water partition coefficient (Wildman–Crippen LogP) is 0.944. The summed E-state index contributed by atoms with van der Waals surface area (Å²) in [4.78, 5) is 11.7. The molecule has 0 fully saturated rings. The minimum Gasteiger partial charge on any atom is -0.508 e. The molecule has 0 bridgehead atoms. The number of phenolic OH excluding ortho intramolecular Hbond substituents is 1. The van der Waals surface area contributed by atoms with Gasteiger partial charge >= 0.3 is 0 Å². The number of aromatic hydroxyl groups is 1. The number of ether oxygens (including phenoxy) is 1. The van der Waals surface area contributed by atoms with Gasteiger partial charge in [0.25, 0.3) is 5.56 Å². The Bertz CT molecular complexity index is 595. The summed E-state index contributed by atoms with van der Waals surface area (Å²) in [6.07, 6.45) is 0.649. The van der Waals surface area contributed by atoms with Crippen LogP contribution < -0.4 is 5.56 Å². The van der Waals surface area contributed by atoms with E-state index in [-0.39, 0.29) is 11.3 Å². The van der Waals surface area contributed by atoms with Crippen molar-refractivity contribution in [2.75, 3.05) is 6.61 Å². The maximum absolute atomic E-state index is 11.7. The van der Waals surface area contributed by atoms with Crippen molar-refractivity contribution < 1.29 is 9.84 Å². The molecular formula is C12H12N2O3. The molecule has 0 amide bonds. The Hall–Kier alpha value is -2.01. The second-order valence-electron chi connectivity index (χ2n) is 4.02. The van der Waals surface area contributed by atoms with E-state index in [1.165, 1.54) is 0 Å². The van der Waals surface area contributed by atoms with Crippen LogP contribution in [-0.4, -0.2) is 21.5 Å². The lowest BCUT2D eigenvalue weighted by atomic mass is 10.1. The molecule has 0 unspecified atom stereocenters. The first-order valence-corrected chi connectivity index (χ1v) is 5.45. The van der Waals surface area contributed by atoms with Crippen molar-refractivity contribution in [3.63, 3.8) is 0 Å². The number of aromatic nitrogens is 2. The zero-order chi connectivity index (χ0) is 11.8. The van der Waals surface area contributed by atoms with Gasteiger partial charge in [-0.1, -0.05) is 0 Å². The van der Waals surface area contributed by atoms with E-state index in [1.54, 1.807) is 28.9 Å². The lowest BCUT2D eigenvalue weighted by molar-refractivity contribution is 0.106. The molecule has 2 aromatic rings. The predicted molar refractivity (Wildman–Crippen MR) is 61.4 cm³/mol. The van der Waals surface area contributed by atoms with E-state index in [9.17, 15) is 9.90 Å². The number of nitrogens with one attached hydrogen (secondary N) is 1. The highest BCUT2D eigenvalue weighted by molar-refractivity contribution is 5.39. The molecule has 0 saturated carbocycles. The Morgan fingerprint density at radius 3 is 2.82 bits per heavy atom. The largest absolute Gasteiger partial charge is 0.508 e. The fourth-order valence-corrected chi connectivity index (χ4v) is 2.08. The molecule has 0 atom stereocenters. The van der Waals surface area contributed by atoms with Crippen LogP contribution in [0.15, 0.2) is 29.1 Å². The number of hydrogen-bond donors (Lipinski definition) is 2. The molecule has 5 nitrogen and oxygen atoms in total. The van der Waals surface area contributed by atoms with Gasteiger partial charge in [0.05, 0.1) is 24.6 Å². The number of fused-ring (bicyclic) bond motifs is 1. The third-order valence-electron chi connectivity index (χ3n) is 2.95. The summed E-state index contributed by atoms with van der Waals surface area (Å²) < 4.78 is 7.08. The van der Waals surface area contributed by atoms with Crippen molar-refractivity contribution in [2.45, 2.75) is 13.0 Å². The quantitative estimate of drug-likeness (QED) is 0.769. The number of hydrogen-bond acceptors (Lipinski definition) is 3. The van der Waals surface area contributed by atoms with Crippen LogP contribution in [0, 0.1) is 0 Å². The highest BCUT2D eigenvalue weighted by Crippen LogP contribution is 2.19. The Kier molecular flexibility index (Phi) is 2.26. The molecule has 1 aliphatic rings. The second kappa shape index (κ2) is 3.78. The monoisotopic (exact) mass is 232 g/mol. The fourth-order valence-electron chi connectivity index (χ4n) is 2.08. The molecule has 1 aromatic carbocycles. The Morgan fingerprint density at radius 2 is 2.06 bits per heavy atom. The molecule has 0 saturated heterocycles. The van der Waals surface area contributed by atoms with Gasteiger partial charge in [0, 0.05) is 12.0 Å². The number of aromatic amines is 1. The van der Waals surface area contributed by atoms with Crippen LogP contribution in [0.25, 0.3) is 5.69 Å². The highest BCUT2D eigenvalue weighted by Gasteiger charge is 2.19. The van der Waals surface area contributed by atoms with Crippen molar-refractivity contribution in [3.05, 3.63) is 45.9 Å². The molecule has 0 radical (unpaired) electrons. The number of benzene rings is 1. The molecule has 1 aromatic heterocycles. The standard InChI is InChI=1S/C12H12N2O3/c15-9-3-1-8(2-4-9)14-11-7-17-6-5-10(11)12(16)13-14/h1-4,15H,5-7H2,(H,13,16). The van der Waals surface area contributed by atoms with Crippen molar-refractivity contribution in [3.8, 4) is 11.4 Å². The van der Waals surface area contributed by atoms with Gasteiger partial charge in [-0.2, -0.15) is 0 Å². The molecule has 88 valence electrons. The first-order valence-electron chi connectivity index (χ1n) is 5.45. The van der Waals surface area contributed by atoms with Crippen molar-refractivity contribution in [2.24, 2.45) is 0 Å². The normalized spacial score (nSPS) is 14.6. The van der Waals surface area contributed by atoms with Crippen LogP contribution in [-0.2, 0) is 17.8 Å². The van der Waals surface area contributed by atoms with Crippen LogP contribution in [0.3, 0.4) is 0 Å². The molecule has 0 aliphatic carbocycles. The maximum atomic E-state index is 11.7. The molecule has 17 heavy (non-hydrogen) atoms. The van der Waals surface area contributed by atoms with E-state index in [0.717, 1.165) is 16.9 Å². The average Bonchev–Trinajstić information content (AvgIpc) is 2.69. The summed E-state index contributed by atoms with van der Waals surface area (Å²) in [5.41, 5.74) is 2.42. The zero-order valence-corrected chi connectivity index (χ0v) is 9.14. The summed E-state index contributed by atoms with van der Waals surface area (Å²) in [5, 5.41) is 12.0. The second-order valence-corrected chi connectivity index (χ2v) is 4.02.